The average Bonchev–Trinajstić information content (AvgIpc) is 2.77. The molecule has 1 aromatic heterocycles. The number of halogens is 3. The first-order valence-corrected chi connectivity index (χ1v) is 5.91. The highest BCUT2D eigenvalue weighted by Gasteiger charge is 2.31. The van der Waals surface area contributed by atoms with Crippen molar-refractivity contribution in [2.24, 2.45) is 7.05 Å². The van der Waals surface area contributed by atoms with E-state index in [0.717, 1.165) is 11.3 Å². The molecule has 7 heteroatoms. The van der Waals surface area contributed by atoms with Crippen molar-refractivity contribution in [3.05, 3.63) is 47.8 Å². The number of nitrogens with zero attached hydrogens (tertiary/aromatic N) is 2. The van der Waals surface area contributed by atoms with Crippen LogP contribution in [0.15, 0.2) is 36.5 Å². The number of nitrogens with one attached hydrogen (secondary N) is 1. The maximum absolute atomic E-state index is 12.1. The molecule has 0 aliphatic carbocycles. The van der Waals surface area contributed by atoms with Gasteiger partial charge in [-0.3, -0.25) is 4.68 Å². The number of benzene rings is 1. The summed E-state index contributed by atoms with van der Waals surface area (Å²) in [4.78, 5) is 0. The molecule has 2 rings (SSSR count). The average molecular weight is 285 g/mol. The third-order valence-corrected chi connectivity index (χ3v) is 2.77. The Morgan fingerprint density at radius 1 is 1.20 bits per heavy atom. The van der Waals surface area contributed by atoms with Gasteiger partial charge < -0.3 is 10.1 Å². The summed E-state index contributed by atoms with van der Waals surface area (Å²) in [6.45, 7) is 0. The zero-order valence-electron chi connectivity index (χ0n) is 11.0. The Balaban J connectivity index is 2.19. The van der Waals surface area contributed by atoms with E-state index in [1.807, 2.05) is 6.07 Å². The zero-order chi connectivity index (χ0) is 14.8. The number of aromatic nitrogens is 2. The normalized spacial score (nSPS) is 13.2. The Morgan fingerprint density at radius 2 is 1.85 bits per heavy atom. The van der Waals surface area contributed by atoms with Crippen molar-refractivity contribution >= 4 is 0 Å². The van der Waals surface area contributed by atoms with Crippen LogP contribution in [0.25, 0.3) is 0 Å². The molecule has 0 bridgehead atoms. The maximum Gasteiger partial charge on any atom is 0.573 e. The van der Waals surface area contributed by atoms with E-state index in [4.69, 9.17) is 0 Å². The van der Waals surface area contributed by atoms with Gasteiger partial charge in [0.15, 0.2) is 0 Å². The molecular formula is C13H14F3N3O. The Morgan fingerprint density at radius 3 is 2.30 bits per heavy atom. The summed E-state index contributed by atoms with van der Waals surface area (Å²) in [5.41, 5.74) is 1.60. The van der Waals surface area contributed by atoms with Crippen LogP contribution < -0.4 is 10.1 Å². The molecule has 0 saturated carbocycles. The van der Waals surface area contributed by atoms with Gasteiger partial charge in [0.05, 0.1) is 11.7 Å². The standard InChI is InChI=1S/C13H14F3N3O/c1-17-12(11-7-8-19(2)18-11)9-3-5-10(6-4-9)20-13(14,15)16/h3-8,12,17H,1-2H3. The van der Waals surface area contributed by atoms with Crippen molar-refractivity contribution < 1.29 is 17.9 Å². The molecule has 1 aromatic carbocycles. The van der Waals surface area contributed by atoms with Crippen LogP contribution in [-0.2, 0) is 7.05 Å². The molecule has 2 aromatic rings. The lowest BCUT2D eigenvalue weighted by atomic mass is 10.0. The molecule has 0 aliphatic rings. The number of hydrogen-bond acceptors (Lipinski definition) is 3. The fourth-order valence-corrected chi connectivity index (χ4v) is 1.93. The molecule has 20 heavy (non-hydrogen) atoms. The summed E-state index contributed by atoms with van der Waals surface area (Å²) in [7, 11) is 3.57. The highest BCUT2D eigenvalue weighted by atomic mass is 19.4. The van der Waals surface area contributed by atoms with Crippen molar-refractivity contribution in [2.75, 3.05) is 7.05 Å². The van der Waals surface area contributed by atoms with E-state index in [9.17, 15) is 13.2 Å². The molecule has 0 radical (unpaired) electrons. The molecule has 1 heterocycles. The number of hydrogen-bond donors (Lipinski definition) is 1. The van der Waals surface area contributed by atoms with Crippen LogP contribution in [0.4, 0.5) is 13.2 Å². The SMILES string of the molecule is CNC(c1ccc(OC(F)(F)F)cc1)c1ccn(C)n1. The Hall–Kier alpha value is -2.02. The van der Waals surface area contributed by atoms with E-state index >= 15 is 0 Å². The summed E-state index contributed by atoms with van der Waals surface area (Å²) >= 11 is 0. The van der Waals surface area contributed by atoms with Crippen molar-refractivity contribution in [1.82, 2.24) is 15.1 Å². The smallest absolute Gasteiger partial charge is 0.406 e. The second kappa shape index (κ2) is 5.54. The van der Waals surface area contributed by atoms with Gasteiger partial charge in [-0.25, -0.2) is 0 Å². The first kappa shape index (κ1) is 14.4. The van der Waals surface area contributed by atoms with Gasteiger partial charge in [-0.2, -0.15) is 5.10 Å². The lowest BCUT2D eigenvalue weighted by Gasteiger charge is -2.15. The van der Waals surface area contributed by atoms with Crippen LogP contribution in [0.2, 0.25) is 0 Å². The van der Waals surface area contributed by atoms with Crippen molar-refractivity contribution in [2.45, 2.75) is 12.4 Å². The number of alkyl halides is 3. The quantitative estimate of drug-likeness (QED) is 0.938. The fourth-order valence-electron chi connectivity index (χ4n) is 1.93. The Bertz CT molecular complexity index is 563. The van der Waals surface area contributed by atoms with E-state index in [-0.39, 0.29) is 11.8 Å². The van der Waals surface area contributed by atoms with Gasteiger partial charge >= 0.3 is 6.36 Å². The van der Waals surface area contributed by atoms with Crippen molar-refractivity contribution in [3.8, 4) is 5.75 Å². The molecule has 0 amide bonds. The number of ether oxygens (including phenoxy) is 1. The van der Waals surface area contributed by atoms with E-state index in [1.54, 1.807) is 37.1 Å². The minimum absolute atomic E-state index is 0.184. The first-order chi connectivity index (χ1) is 9.39. The molecular weight excluding hydrogens is 271 g/mol. The van der Waals surface area contributed by atoms with Gasteiger partial charge in [-0.1, -0.05) is 12.1 Å². The van der Waals surface area contributed by atoms with Gasteiger partial charge in [-0.15, -0.1) is 13.2 Å². The summed E-state index contributed by atoms with van der Waals surface area (Å²) in [5, 5.41) is 7.36. The minimum atomic E-state index is -4.68. The van der Waals surface area contributed by atoms with E-state index in [2.05, 4.69) is 15.2 Å². The summed E-state index contributed by atoms with van der Waals surface area (Å²) < 4.78 is 41.8. The molecule has 1 atom stereocenters. The van der Waals surface area contributed by atoms with Crippen LogP contribution in [-0.4, -0.2) is 23.2 Å². The topological polar surface area (TPSA) is 39.1 Å². The van der Waals surface area contributed by atoms with Gasteiger partial charge in [0.25, 0.3) is 0 Å². The second-order valence-electron chi connectivity index (χ2n) is 4.25. The predicted molar refractivity (Wildman–Crippen MR) is 67.2 cm³/mol. The molecule has 108 valence electrons. The van der Waals surface area contributed by atoms with Crippen LogP contribution in [0.1, 0.15) is 17.3 Å². The molecule has 0 fully saturated rings. The largest absolute Gasteiger partial charge is 0.573 e. The zero-order valence-corrected chi connectivity index (χ0v) is 11.0. The Labute approximate surface area is 114 Å². The van der Waals surface area contributed by atoms with Gasteiger partial charge in [0.1, 0.15) is 5.75 Å². The first-order valence-electron chi connectivity index (χ1n) is 5.91. The molecule has 0 saturated heterocycles. The monoisotopic (exact) mass is 285 g/mol. The minimum Gasteiger partial charge on any atom is -0.406 e. The van der Waals surface area contributed by atoms with Crippen molar-refractivity contribution in [3.63, 3.8) is 0 Å². The van der Waals surface area contributed by atoms with E-state index < -0.39 is 6.36 Å². The van der Waals surface area contributed by atoms with Crippen LogP contribution in [0.5, 0.6) is 5.75 Å². The van der Waals surface area contributed by atoms with Crippen LogP contribution in [0.3, 0.4) is 0 Å². The molecule has 1 unspecified atom stereocenters. The lowest BCUT2D eigenvalue weighted by molar-refractivity contribution is -0.274. The van der Waals surface area contributed by atoms with Crippen LogP contribution >= 0.6 is 0 Å². The van der Waals surface area contributed by atoms with E-state index in [1.165, 1.54) is 12.1 Å². The van der Waals surface area contributed by atoms with E-state index in [0.29, 0.717) is 0 Å². The highest BCUT2D eigenvalue weighted by molar-refractivity contribution is 5.33. The summed E-state index contributed by atoms with van der Waals surface area (Å²) in [5.74, 6) is -0.239. The fraction of sp³-hybridized carbons (Fsp3) is 0.308. The number of rotatable bonds is 4. The molecule has 1 N–H and O–H groups in total. The van der Waals surface area contributed by atoms with Crippen LogP contribution in [0, 0.1) is 0 Å². The third kappa shape index (κ3) is 3.51. The third-order valence-electron chi connectivity index (χ3n) is 2.77. The summed E-state index contributed by atoms with van der Waals surface area (Å²) in [6, 6.07) is 7.40. The second-order valence-corrected chi connectivity index (χ2v) is 4.25. The highest BCUT2D eigenvalue weighted by Crippen LogP contribution is 2.26. The maximum atomic E-state index is 12.1. The molecule has 0 aliphatic heterocycles. The molecule has 4 nitrogen and oxygen atoms in total. The Kier molecular flexibility index (Phi) is 3.99. The summed E-state index contributed by atoms with van der Waals surface area (Å²) in [6.07, 6.45) is -2.87. The molecule has 0 spiro atoms. The van der Waals surface area contributed by atoms with Gasteiger partial charge in [-0.05, 0) is 30.8 Å². The predicted octanol–water partition coefficient (Wildman–Crippen LogP) is 2.63. The number of aryl methyl sites for hydroxylation is 1. The lowest BCUT2D eigenvalue weighted by Crippen LogP contribution is -2.19. The van der Waals surface area contributed by atoms with Gasteiger partial charge in [0.2, 0.25) is 0 Å². The van der Waals surface area contributed by atoms with Crippen molar-refractivity contribution in [1.29, 1.82) is 0 Å². The van der Waals surface area contributed by atoms with Gasteiger partial charge in [0, 0.05) is 13.2 Å².